The van der Waals surface area contributed by atoms with Gasteiger partial charge in [-0.3, -0.25) is 9.53 Å². The van der Waals surface area contributed by atoms with Gasteiger partial charge < -0.3 is 14.2 Å². The van der Waals surface area contributed by atoms with Gasteiger partial charge in [0.25, 0.3) is 0 Å². The summed E-state index contributed by atoms with van der Waals surface area (Å²) in [6.45, 7) is 4.97. The molecule has 0 bridgehead atoms. The fourth-order valence-corrected chi connectivity index (χ4v) is 3.84. The van der Waals surface area contributed by atoms with E-state index < -0.39 is 11.4 Å². The summed E-state index contributed by atoms with van der Waals surface area (Å²) in [7, 11) is 0. The second kappa shape index (κ2) is 11.4. The van der Waals surface area contributed by atoms with Gasteiger partial charge in [0, 0.05) is 6.54 Å². The molecule has 0 aliphatic rings. The third-order valence-electron chi connectivity index (χ3n) is 5.46. The van der Waals surface area contributed by atoms with Gasteiger partial charge in [-0.05, 0) is 64.4 Å². The van der Waals surface area contributed by atoms with Crippen LogP contribution in [-0.4, -0.2) is 4.74 Å². The van der Waals surface area contributed by atoms with E-state index in [1.807, 2.05) is 24.3 Å². The summed E-state index contributed by atoms with van der Waals surface area (Å²) >= 11 is 0. The van der Waals surface area contributed by atoms with E-state index in [4.69, 9.17) is 9.26 Å². The van der Waals surface area contributed by atoms with Crippen molar-refractivity contribution in [2.75, 3.05) is 0 Å². The third-order valence-corrected chi connectivity index (χ3v) is 5.46. The van der Waals surface area contributed by atoms with Crippen LogP contribution < -0.4 is 50.7 Å². The summed E-state index contributed by atoms with van der Waals surface area (Å²) in [6, 6.07) is 22.3. The van der Waals surface area contributed by atoms with Crippen molar-refractivity contribution in [1.29, 1.82) is 0 Å². The van der Waals surface area contributed by atoms with Gasteiger partial charge in [0.1, 0.15) is 12.4 Å². The first-order valence-electron chi connectivity index (χ1n) is 10.7. The monoisotopic (exact) mass is 452 g/mol. The van der Waals surface area contributed by atoms with E-state index in [0.717, 1.165) is 34.5 Å². The molecule has 164 valence electrons. The van der Waals surface area contributed by atoms with Crippen LogP contribution in [0, 0.1) is 0 Å². The largest absolute Gasteiger partial charge is 1.00 e. The molecule has 0 aliphatic carbocycles. The maximum atomic E-state index is 11.5. The number of aryl methyl sites for hydroxylation is 2. The molecular formula is C26H25N2NaO4. The number of nitrogens with zero attached hydrogens (tertiary/aromatic N) is 2. The van der Waals surface area contributed by atoms with Crippen LogP contribution in [0.2, 0.25) is 0 Å². The molecule has 4 rings (SSSR count). The minimum atomic E-state index is -0.884. The van der Waals surface area contributed by atoms with E-state index in [1.54, 1.807) is 0 Å². The predicted octanol–water partition coefficient (Wildman–Crippen LogP) is 1.18. The van der Waals surface area contributed by atoms with Crippen LogP contribution in [0.4, 0.5) is 0 Å². The van der Waals surface area contributed by atoms with Crippen LogP contribution in [0.5, 0.6) is 5.75 Å². The molecule has 0 amide bonds. The molecule has 0 spiro atoms. The summed E-state index contributed by atoms with van der Waals surface area (Å²) in [5, 5.41) is 0. The zero-order valence-electron chi connectivity index (χ0n) is 19.2. The Labute approximate surface area is 214 Å². The molecule has 0 fully saturated rings. The van der Waals surface area contributed by atoms with Crippen LogP contribution in [0.3, 0.4) is 0 Å². The molecule has 6 nitrogen and oxygen atoms in total. The van der Waals surface area contributed by atoms with Crippen molar-refractivity contribution in [2.24, 2.45) is 0 Å². The van der Waals surface area contributed by atoms with Gasteiger partial charge in [-0.15, -0.1) is 0 Å². The summed E-state index contributed by atoms with van der Waals surface area (Å²) in [4.78, 5) is 25.8. The molecule has 0 atom stereocenters. The first kappa shape index (κ1) is 24.8. The van der Waals surface area contributed by atoms with Crippen LogP contribution in [0.15, 0.2) is 80.8 Å². The number of hydrogen-bond acceptors (Lipinski definition) is 4. The molecule has 0 unspecified atom stereocenters. The van der Waals surface area contributed by atoms with Crippen LogP contribution in [-0.2, 0) is 26.0 Å². The summed E-state index contributed by atoms with van der Waals surface area (Å²) < 4.78 is 11.6. The Balaban J connectivity index is 0.00000306. The smallest absolute Gasteiger partial charge is 0.489 e. The van der Waals surface area contributed by atoms with Crippen LogP contribution in [0.1, 0.15) is 36.1 Å². The van der Waals surface area contributed by atoms with E-state index in [0.29, 0.717) is 6.61 Å². The van der Waals surface area contributed by atoms with E-state index in [-0.39, 0.29) is 36.1 Å². The second-order valence-electron chi connectivity index (χ2n) is 7.58. The quantitative estimate of drug-likeness (QED) is 0.376. The maximum absolute atomic E-state index is 11.5. The van der Waals surface area contributed by atoms with Gasteiger partial charge in [-0.2, -0.15) is 0 Å². The average Bonchev–Trinajstić information content (AvgIpc) is 3.14. The zero-order chi connectivity index (χ0) is 22.5. The van der Waals surface area contributed by atoms with Crippen molar-refractivity contribution in [3.63, 3.8) is 0 Å². The minimum absolute atomic E-state index is 0. The Kier molecular flexibility index (Phi) is 8.55. The van der Waals surface area contributed by atoms with E-state index in [2.05, 4.69) is 61.3 Å². The van der Waals surface area contributed by atoms with Gasteiger partial charge in [0.15, 0.2) is 5.69 Å². The topological polar surface area (TPSA) is 75.5 Å². The van der Waals surface area contributed by atoms with E-state index in [9.17, 15) is 9.59 Å². The normalized spacial score (nSPS) is 10.6. The molecule has 0 aliphatic heterocycles. The minimum Gasteiger partial charge on any atom is -0.489 e. The molecule has 0 radical (unpaired) electrons. The Morgan fingerprint density at radius 1 is 0.879 bits per heavy atom. The first-order valence-corrected chi connectivity index (χ1v) is 10.7. The van der Waals surface area contributed by atoms with Crippen LogP contribution in [0.25, 0.3) is 11.1 Å². The summed E-state index contributed by atoms with van der Waals surface area (Å²) in [5.74, 6) is -0.165. The van der Waals surface area contributed by atoms with Crippen molar-refractivity contribution < 1.29 is 38.8 Å². The molecule has 1 aromatic heterocycles. The number of hydrogen-bond donors (Lipinski definition) is 0. The SMILES string of the molecule is CCc1cccc(CC)c1-c1cccc(COc2ccc(Cn3oc(=O)[n-]c3=O)cc2)c1.[Na+]. The predicted molar refractivity (Wildman–Crippen MR) is 123 cm³/mol. The Morgan fingerprint density at radius 2 is 1.55 bits per heavy atom. The van der Waals surface area contributed by atoms with Crippen LogP contribution >= 0.6 is 0 Å². The van der Waals surface area contributed by atoms with Crippen molar-refractivity contribution in [2.45, 2.75) is 39.8 Å². The van der Waals surface area contributed by atoms with Gasteiger partial charge in [-0.25, -0.2) is 4.79 Å². The maximum Gasteiger partial charge on any atom is 1.00 e. The molecule has 0 N–H and O–H groups in total. The van der Waals surface area contributed by atoms with E-state index >= 15 is 0 Å². The van der Waals surface area contributed by atoms with E-state index in [1.165, 1.54) is 22.3 Å². The average molecular weight is 452 g/mol. The third kappa shape index (κ3) is 5.96. The molecular weight excluding hydrogens is 427 g/mol. The zero-order valence-corrected chi connectivity index (χ0v) is 21.2. The standard InChI is InChI=1S/C26H26N2O4.Na/c1-3-20-8-6-9-21(4-2)24(20)22-10-5-7-19(15-22)17-31-23-13-11-18(12-14-23)16-28-25(29)27-26(30)32-28;/h5-15H,3-4,16-17H2,1-2H3,(H,27,29,30);/q;+1/p-1. The van der Waals surface area contributed by atoms with Crippen molar-refractivity contribution in [1.82, 2.24) is 9.72 Å². The number of aromatic nitrogens is 2. The number of rotatable bonds is 8. The Morgan fingerprint density at radius 3 is 2.15 bits per heavy atom. The van der Waals surface area contributed by atoms with Gasteiger partial charge >= 0.3 is 35.3 Å². The number of benzene rings is 3. The Hall–Kier alpha value is -2.80. The second-order valence-corrected chi connectivity index (χ2v) is 7.58. The molecule has 4 aromatic rings. The van der Waals surface area contributed by atoms with Crippen molar-refractivity contribution >= 4 is 0 Å². The molecule has 7 heteroatoms. The first-order chi connectivity index (χ1) is 15.6. The van der Waals surface area contributed by atoms with Crippen molar-refractivity contribution in [3.8, 4) is 16.9 Å². The van der Waals surface area contributed by atoms with Gasteiger partial charge in [0.05, 0.1) is 0 Å². The fraction of sp³-hybridized carbons (Fsp3) is 0.231. The summed E-state index contributed by atoms with van der Waals surface area (Å²) in [6.07, 6.45) is 1.99. The molecule has 3 aromatic carbocycles. The molecule has 33 heavy (non-hydrogen) atoms. The van der Waals surface area contributed by atoms with Gasteiger partial charge in [0.2, 0.25) is 0 Å². The molecule has 0 saturated heterocycles. The Bertz CT molecular complexity index is 1300. The molecule has 0 saturated carbocycles. The summed E-state index contributed by atoms with van der Waals surface area (Å²) in [5.41, 5.74) is 6.46. The molecule has 1 heterocycles. The van der Waals surface area contributed by atoms with Crippen molar-refractivity contribution in [3.05, 3.63) is 110 Å². The van der Waals surface area contributed by atoms with Gasteiger partial charge in [-0.1, -0.05) is 62.4 Å². The number of ether oxygens (including phenoxy) is 1. The fourth-order valence-electron chi connectivity index (χ4n) is 3.84.